The minimum atomic E-state index is -0.929. The fourth-order valence-corrected chi connectivity index (χ4v) is 4.42. The van der Waals surface area contributed by atoms with E-state index < -0.39 is 17.6 Å². The molecule has 8 heteroatoms. The van der Waals surface area contributed by atoms with Crippen LogP contribution in [0.2, 0.25) is 0 Å². The number of carbonyl (C=O) groups excluding carboxylic acids is 2. The van der Waals surface area contributed by atoms with Gasteiger partial charge in [-0.05, 0) is 49.4 Å². The Labute approximate surface area is 159 Å². The predicted octanol–water partition coefficient (Wildman–Crippen LogP) is 3.59. The van der Waals surface area contributed by atoms with Crippen molar-refractivity contribution >= 4 is 28.2 Å². The van der Waals surface area contributed by atoms with E-state index in [0.29, 0.717) is 16.1 Å². The van der Waals surface area contributed by atoms with E-state index in [1.165, 1.54) is 24.5 Å². The average Bonchev–Trinajstić information content (AvgIpc) is 3.22. The summed E-state index contributed by atoms with van der Waals surface area (Å²) in [6, 6.07) is 3.27. The molecule has 0 spiro atoms. The first kappa shape index (κ1) is 19.4. The van der Waals surface area contributed by atoms with Gasteiger partial charge in [0.1, 0.15) is 5.00 Å². The molecule has 1 heterocycles. The molecule has 0 saturated heterocycles. The van der Waals surface area contributed by atoms with Crippen LogP contribution >= 0.6 is 11.3 Å². The molecule has 0 bridgehead atoms. The van der Waals surface area contributed by atoms with Gasteiger partial charge in [-0.15, -0.1) is 11.3 Å². The summed E-state index contributed by atoms with van der Waals surface area (Å²) in [4.78, 5) is 25.5. The maximum Gasteiger partial charge on any atom is 0.341 e. The number of thiophene rings is 1. The molecule has 1 atom stereocenters. The minimum Gasteiger partial charge on any atom is -0.465 e. The van der Waals surface area contributed by atoms with Gasteiger partial charge < -0.3 is 15.4 Å². The van der Waals surface area contributed by atoms with Crippen molar-refractivity contribution in [2.24, 2.45) is 0 Å². The lowest BCUT2D eigenvalue weighted by Gasteiger charge is -2.14. The Bertz CT molecular complexity index is 882. The molecule has 27 heavy (non-hydrogen) atoms. The first-order chi connectivity index (χ1) is 12.9. The van der Waals surface area contributed by atoms with Crippen molar-refractivity contribution in [2.45, 2.75) is 32.2 Å². The topological polar surface area (TPSA) is 67.4 Å². The van der Waals surface area contributed by atoms with Crippen molar-refractivity contribution in [3.05, 3.63) is 51.4 Å². The van der Waals surface area contributed by atoms with E-state index in [-0.39, 0.29) is 18.5 Å². The zero-order chi connectivity index (χ0) is 19.6. The number of anilines is 1. The van der Waals surface area contributed by atoms with Crippen LogP contribution in [0.1, 0.15) is 45.7 Å². The summed E-state index contributed by atoms with van der Waals surface area (Å²) in [7, 11) is 1.32. The second-order valence-electron chi connectivity index (χ2n) is 6.38. The predicted molar refractivity (Wildman–Crippen MR) is 99.1 cm³/mol. The van der Waals surface area contributed by atoms with Crippen LogP contribution in [0.15, 0.2) is 18.2 Å². The molecule has 0 unspecified atom stereocenters. The number of hydrogen-bond acceptors (Lipinski definition) is 5. The Hall–Kier alpha value is -2.32. The lowest BCUT2D eigenvalue weighted by molar-refractivity contribution is -0.115. The Morgan fingerprint density at radius 2 is 2.04 bits per heavy atom. The fourth-order valence-electron chi connectivity index (χ4n) is 3.13. The molecular weight excluding hydrogens is 374 g/mol. The van der Waals surface area contributed by atoms with E-state index in [9.17, 15) is 18.4 Å². The molecule has 0 aliphatic heterocycles. The number of nitrogens with one attached hydrogen (secondary N) is 2. The van der Waals surface area contributed by atoms with Crippen LogP contribution in [0.4, 0.5) is 13.8 Å². The molecule has 3 rings (SSSR count). The lowest BCUT2D eigenvalue weighted by atomic mass is 10.1. The number of hydrogen-bond donors (Lipinski definition) is 2. The number of methoxy groups -OCH3 is 1. The summed E-state index contributed by atoms with van der Waals surface area (Å²) in [5, 5.41) is 6.23. The van der Waals surface area contributed by atoms with Crippen LogP contribution in [0.3, 0.4) is 0 Å². The maximum atomic E-state index is 13.3. The normalized spacial score (nSPS) is 13.9. The summed E-state index contributed by atoms with van der Waals surface area (Å²) in [5.74, 6) is -2.62. The number of rotatable bonds is 6. The maximum absolute atomic E-state index is 13.3. The second-order valence-corrected chi connectivity index (χ2v) is 7.48. The molecule has 2 N–H and O–H groups in total. The molecule has 2 aromatic rings. The van der Waals surface area contributed by atoms with Crippen molar-refractivity contribution in [1.82, 2.24) is 5.32 Å². The lowest BCUT2D eigenvalue weighted by Crippen LogP contribution is -2.30. The smallest absolute Gasteiger partial charge is 0.341 e. The highest BCUT2D eigenvalue weighted by Gasteiger charge is 2.28. The van der Waals surface area contributed by atoms with E-state index in [4.69, 9.17) is 4.74 Å². The van der Waals surface area contributed by atoms with Crippen LogP contribution in [-0.4, -0.2) is 25.5 Å². The second kappa shape index (κ2) is 8.14. The van der Waals surface area contributed by atoms with Gasteiger partial charge in [-0.2, -0.15) is 0 Å². The monoisotopic (exact) mass is 394 g/mol. The van der Waals surface area contributed by atoms with E-state index in [2.05, 4.69) is 10.6 Å². The van der Waals surface area contributed by atoms with Crippen molar-refractivity contribution < 1.29 is 23.1 Å². The van der Waals surface area contributed by atoms with Crippen LogP contribution in [-0.2, 0) is 22.4 Å². The van der Waals surface area contributed by atoms with Crippen molar-refractivity contribution in [1.29, 1.82) is 0 Å². The van der Waals surface area contributed by atoms with Crippen molar-refractivity contribution in [3.63, 3.8) is 0 Å². The quantitative estimate of drug-likeness (QED) is 0.735. The van der Waals surface area contributed by atoms with Crippen LogP contribution in [0.5, 0.6) is 0 Å². The molecule has 1 aliphatic rings. The van der Waals surface area contributed by atoms with Gasteiger partial charge in [0.15, 0.2) is 11.6 Å². The Kier molecular flexibility index (Phi) is 5.86. The number of ether oxygens (including phenoxy) is 1. The highest BCUT2D eigenvalue weighted by molar-refractivity contribution is 7.17. The Morgan fingerprint density at radius 3 is 2.74 bits per heavy atom. The highest BCUT2D eigenvalue weighted by Crippen LogP contribution is 2.39. The largest absolute Gasteiger partial charge is 0.465 e. The first-order valence-corrected chi connectivity index (χ1v) is 9.43. The summed E-state index contributed by atoms with van der Waals surface area (Å²) in [6.45, 7) is 1.71. The van der Waals surface area contributed by atoms with E-state index in [0.717, 1.165) is 41.8 Å². The average molecular weight is 394 g/mol. The molecule has 0 radical (unpaired) electrons. The van der Waals surface area contributed by atoms with E-state index >= 15 is 0 Å². The van der Waals surface area contributed by atoms with Gasteiger partial charge in [-0.25, -0.2) is 13.6 Å². The number of aryl methyl sites for hydroxylation is 1. The standard InChI is InChI=1S/C19H20F2N2O3S/c1-10(11-6-7-13(20)14(21)8-11)22-9-16(24)23-18-17(19(25)26-2)12-4-3-5-15(12)27-18/h6-8,10,22H,3-5,9H2,1-2H3,(H,23,24)/t10-/m0/s1. The summed E-state index contributed by atoms with van der Waals surface area (Å²) >= 11 is 1.40. The third-order valence-electron chi connectivity index (χ3n) is 4.58. The number of fused-ring (bicyclic) bond motifs is 1. The first-order valence-electron chi connectivity index (χ1n) is 8.61. The van der Waals surface area contributed by atoms with Crippen molar-refractivity contribution in [3.8, 4) is 0 Å². The molecule has 0 saturated carbocycles. The number of benzene rings is 1. The minimum absolute atomic E-state index is 0.0384. The van der Waals surface area contributed by atoms with Crippen LogP contribution in [0.25, 0.3) is 0 Å². The summed E-state index contributed by atoms with van der Waals surface area (Å²) < 4.78 is 31.2. The van der Waals surface area contributed by atoms with Crippen molar-refractivity contribution in [2.75, 3.05) is 19.0 Å². The van der Waals surface area contributed by atoms with E-state index in [1.54, 1.807) is 6.92 Å². The number of carbonyl (C=O) groups is 2. The summed E-state index contributed by atoms with van der Waals surface area (Å²) in [6.07, 6.45) is 2.69. The Morgan fingerprint density at radius 1 is 1.26 bits per heavy atom. The number of esters is 1. The molecule has 1 amide bonds. The molecule has 144 valence electrons. The zero-order valence-corrected chi connectivity index (χ0v) is 15.8. The fraction of sp³-hybridized carbons (Fsp3) is 0.368. The number of halogens is 2. The van der Waals surface area contributed by atoms with Gasteiger partial charge in [-0.1, -0.05) is 6.07 Å². The van der Waals surface area contributed by atoms with Gasteiger partial charge in [0.25, 0.3) is 0 Å². The third kappa shape index (κ3) is 4.17. The van der Waals surface area contributed by atoms with Crippen LogP contribution in [0, 0.1) is 11.6 Å². The molecule has 1 aromatic heterocycles. The third-order valence-corrected chi connectivity index (χ3v) is 5.78. The molecule has 1 aliphatic carbocycles. The van der Waals surface area contributed by atoms with Gasteiger partial charge in [0.2, 0.25) is 5.91 Å². The van der Waals surface area contributed by atoms with E-state index in [1.807, 2.05) is 0 Å². The number of amides is 1. The van der Waals surface area contributed by atoms with Crippen LogP contribution < -0.4 is 10.6 Å². The zero-order valence-electron chi connectivity index (χ0n) is 15.0. The van der Waals surface area contributed by atoms with Gasteiger partial charge >= 0.3 is 5.97 Å². The molecule has 0 fully saturated rings. The molecule has 5 nitrogen and oxygen atoms in total. The van der Waals surface area contributed by atoms with Gasteiger partial charge in [-0.3, -0.25) is 4.79 Å². The van der Waals surface area contributed by atoms with Gasteiger partial charge in [0.05, 0.1) is 19.2 Å². The van der Waals surface area contributed by atoms with Gasteiger partial charge in [0, 0.05) is 10.9 Å². The Balaban J connectivity index is 1.64. The summed E-state index contributed by atoms with van der Waals surface area (Å²) in [5.41, 5.74) is 1.94. The molecule has 1 aromatic carbocycles. The SMILES string of the molecule is COC(=O)c1c(NC(=O)CN[C@@H](C)c2ccc(F)c(F)c2)sc2c1CCC2. The molecular formula is C19H20F2N2O3S. The highest BCUT2D eigenvalue weighted by atomic mass is 32.1.